The van der Waals surface area contributed by atoms with Crippen LogP contribution in [0.3, 0.4) is 0 Å². The number of aryl methyl sites for hydroxylation is 1. The summed E-state index contributed by atoms with van der Waals surface area (Å²) in [6.45, 7) is 3.90. The maximum atomic E-state index is 12.8. The van der Waals surface area contributed by atoms with Gasteiger partial charge in [-0.3, -0.25) is 10.1 Å². The van der Waals surface area contributed by atoms with Gasteiger partial charge in [-0.05, 0) is 49.2 Å². The van der Waals surface area contributed by atoms with Crippen LogP contribution in [0.5, 0.6) is 0 Å². The largest absolute Gasteiger partial charge is 0.317 e. The first kappa shape index (κ1) is 20.3. The molecule has 1 amide bonds. The second kappa shape index (κ2) is 8.71. The molecule has 0 saturated carbocycles. The van der Waals surface area contributed by atoms with E-state index in [0.29, 0.717) is 11.9 Å². The fourth-order valence-corrected chi connectivity index (χ4v) is 3.61. The number of anilines is 1. The standard InChI is InChI=1S/C21H25N5O.ClH/c1-14(17-8-7-15-5-3-4-6-18(15)13-17)20(27)24-21-23-19(25-26(21)2)16-9-11-22-12-10-16;/h3-8,13-14,16,22H,9-12H2,1-2H3,(H,23,24,25,27);1H. The van der Waals surface area contributed by atoms with Crippen molar-refractivity contribution in [2.45, 2.75) is 31.6 Å². The predicted octanol–water partition coefficient (Wildman–Crippen LogP) is 3.60. The van der Waals surface area contributed by atoms with Gasteiger partial charge in [-0.2, -0.15) is 10.1 Å². The molecule has 1 aliphatic rings. The summed E-state index contributed by atoms with van der Waals surface area (Å²) in [4.78, 5) is 17.4. The van der Waals surface area contributed by atoms with Crippen LogP contribution in [-0.2, 0) is 11.8 Å². The second-order valence-corrected chi connectivity index (χ2v) is 7.26. The molecule has 1 aromatic heterocycles. The Morgan fingerprint density at radius 1 is 1.18 bits per heavy atom. The summed E-state index contributed by atoms with van der Waals surface area (Å²) < 4.78 is 1.67. The van der Waals surface area contributed by atoms with Gasteiger partial charge >= 0.3 is 0 Å². The molecule has 7 heteroatoms. The van der Waals surface area contributed by atoms with Crippen LogP contribution in [0.4, 0.5) is 5.95 Å². The first-order valence-corrected chi connectivity index (χ1v) is 9.53. The highest BCUT2D eigenvalue weighted by molar-refractivity contribution is 5.95. The number of nitrogens with one attached hydrogen (secondary N) is 2. The smallest absolute Gasteiger partial charge is 0.233 e. The SMILES string of the molecule is CC(C(=O)Nc1nc(C2CCNCC2)nn1C)c1ccc2ccccc2c1.Cl. The molecule has 1 atom stereocenters. The molecule has 2 aromatic carbocycles. The normalized spacial score (nSPS) is 15.8. The van der Waals surface area contributed by atoms with E-state index in [1.807, 2.05) is 32.2 Å². The van der Waals surface area contributed by atoms with Crippen LogP contribution in [0.15, 0.2) is 42.5 Å². The van der Waals surface area contributed by atoms with Crippen molar-refractivity contribution in [3.05, 3.63) is 53.9 Å². The summed E-state index contributed by atoms with van der Waals surface area (Å²) in [5, 5.41) is 13.1. The molecular weight excluding hydrogens is 374 g/mol. The first-order valence-electron chi connectivity index (χ1n) is 9.53. The maximum absolute atomic E-state index is 12.8. The van der Waals surface area contributed by atoms with Crippen molar-refractivity contribution in [3.8, 4) is 0 Å². The van der Waals surface area contributed by atoms with Crippen LogP contribution in [0.25, 0.3) is 10.8 Å². The van der Waals surface area contributed by atoms with Crippen molar-refractivity contribution in [3.63, 3.8) is 0 Å². The third-order valence-corrected chi connectivity index (χ3v) is 5.39. The van der Waals surface area contributed by atoms with Gasteiger partial charge in [0.05, 0.1) is 5.92 Å². The van der Waals surface area contributed by atoms with Gasteiger partial charge in [0.1, 0.15) is 0 Å². The van der Waals surface area contributed by atoms with Crippen molar-refractivity contribution < 1.29 is 4.79 Å². The van der Waals surface area contributed by atoms with Crippen LogP contribution < -0.4 is 10.6 Å². The summed E-state index contributed by atoms with van der Waals surface area (Å²) >= 11 is 0. The molecule has 0 radical (unpaired) electrons. The van der Waals surface area contributed by atoms with Crippen LogP contribution in [0.1, 0.15) is 43.0 Å². The Hall–Kier alpha value is -2.44. The minimum Gasteiger partial charge on any atom is -0.317 e. The number of piperidine rings is 1. The molecule has 0 spiro atoms. The van der Waals surface area contributed by atoms with E-state index in [2.05, 4.69) is 45.0 Å². The molecule has 28 heavy (non-hydrogen) atoms. The topological polar surface area (TPSA) is 71.8 Å². The number of amides is 1. The van der Waals surface area contributed by atoms with E-state index >= 15 is 0 Å². The third-order valence-electron chi connectivity index (χ3n) is 5.39. The Bertz CT molecular complexity index is 964. The number of halogens is 1. The van der Waals surface area contributed by atoms with Crippen molar-refractivity contribution in [2.75, 3.05) is 18.4 Å². The van der Waals surface area contributed by atoms with Gasteiger partial charge in [-0.15, -0.1) is 12.4 Å². The van der Waals surface area contributed by atoms with E-state index < -0.39 is 0 Å². The van der Waals surface area contributed by atoms with E-state index in [9.17, 15) is 4.79 Å². The summed E-state index contributed by atoms with van der Waals surface area (Å²) in [7, 11) is 1.83. The number of hydrogen-bond donors (Lipinski definition) is 2. The minimum atomic E-state index is -0.270. The fourth-order valence-electron chi connectivity index (χ4n) is 3.61. The lowest BCUT2D eigenvalue weighted by Crippen LogP contribution is -2.27. The zero-order valence-electron chi connectivity index (χ0n) is 16.2. The molecule has 1 aliphatic heterocycles. The molecule has 6 nitrogen and oxygen atoms in total. The number of aromatic nitrogens is 3. The average Bonchev–Trinajstić information content (AvgIpc) is 3.08. The Labute approximate surface area is 171 Å². The molecule has 1 saturated heterocycles. The lowest BCUT2D eigenvalue weighted by Gasteiger charge is -2.19. The minimum absolute atomic E-state index is 0. The van der Waals surface area contributed by atoms with Crippen molar-refractivity contribution >= 4 is 35.0 Å². The quantitative estimate of drug-likeness (QED) is 0.703. The zero-order chi connectivity index (χ0) is 18.8. The Balaban J connectivity index is 0.00000225. The van der Waals surface area contributed by atoms with Gasteiger partial charge in [0, 0.05) is 13.0 Å². The van der Waals surface area contributed by atoms with Gasteiger partial charge in [0.25, 0.3) is 0 Å². The number of nitrogens with zero attached hydrogens (tertiary/aromatic N) is 3. The number of rotatable bonds is 4. The monoisotopic (exact) mass is 399 g/mol. The molecule has 1 unspecified atom stereocenters. The summed E-state index contributed by atoms with van der Waals surface area (Å²) in [5.74, 6) is 1.36. The molecule has 3 aromatic rings. The number of benzene rings is 2. The van der Waals surface area contributed by atoms with Gasteiger partial charge in [-0.1, -0.05) is 42.5 Å². The third kappa shape index (κ3) is 4.18. The number of carbonyl (C=O) groups is 1. The molecule has 2 N–H and O–H groups in total. The van der Waals surface area contributed by atoms with Gasteiger partial charge in [0.2, 0.25) is 11.9 Å². The Morgan fingerprint density at radius 2 is 1.89 bits per heavy atom. The van der Waals surface area contributed by atoms with Crippen molar-refractivity contribution in [1.82, 2.24) is 20.1 Å². The fraction of sp³-hybridized carbons (Fsp3) is 0.381. The molecule has 4 rings (SSSR count). The highest BCUT2D eigenvalue weighted by atomic mass is 35.5. The first-order chi connectivity index (χ1) is 13.1. The van der Waals surface area contributed by atoms with E-state index in [0.717, 1.165) is 42.7 Å². The second-order valence-electron chi connectivity index (χ2n) is 7.26. The maximum Gasteiger partial charge on any atom is 0.233 e. The predicted molar refractivity (Wildman–Crippen MR) is 114 cm³/mol. The summed E-state index contributed by atoms with van der Waals surface area (Å²) in [6, 6.07) is 14.3. The van der Waals surface area contributed by atoms with Crippen LogP contribution in [-0.4, -0.2) is 33.8 Å². The lowest BCUT2D eigenvalue weighted by molar-refractivity contribution is -0.117. The summed E-state index contributed by atoms with van der Waals surface area (Å²) in [6.07, 6.45) is 2.07. The highest BCUT2D eigenvalue weighted by Crippen LogP contribution is 2.25. The average molecular weight is 400 g/mol. The molecular formula is C21H26ClN5O. The van der Waals surface area contributed by atoms with Crippen molar-refractivity contribution in [1.29, 1.82) is 0 Å². The van der Waals surface area contributed by atoms with Crippen LogP contribution >= 0.6 is 12.4 Å². The molecule has 0 aliphatic carbocycles. The van der Waals surface area contributed by atoms with Crippen LogP contribution in [0.2, 0.25) is 0 Å². The van der Waals surface area contributed by atoms with E-state index in [-0.39, 0.29) is 24.2 Å². The number of carbonyl (C=O) groups excluding carboxylic acids is 1. The van der Waals surface area contributed by atoms with Gasteiger partial charge < -0.3 is 5.32 Å². The zero-order valence-corrected chi connectivity index (χ0v) is 17.0. The van der Waals surface area contributed by atoms with E-state index in [1.54, 1.807) is 4.68 Å². The van der Waals surface area contributed by atoms with Crippen molar-refractivity contribution in [2.24, 2.45) is 7.05 Å². The lowest BCUT2D eigenvalue weighted by atomic mass is 9.97. The number of hydrogen-bond acceptors (Lipinski definition) is 4. The van der Waals surface area contributed by atoms with Gasteiger partial charge in [-0.25, -0.2) is 4.68 Å². The van der Waals surface area contributed by atoms with Crippen LogP contribution in [0, 0.1) is 0 Å². The highest BCUT2D eigenvalue weighted by Gasteiger charge is 2.23. The summed E-state index contributed by atoms with van der Waals surface area (Å²) in [5.41, 5.74) is 0.993. The molecule has 148 valence electrons. The Kier molecular flexibility index (Phi) is 6.31. The van der Waals surface area contributed by atoms with Gasteiger partial charge in [0.15, 0.2) is 5.82 Å². The van der Waals surface area contributed by atoms with E-state index in [4.69, 9.17) is 0 Å². The molecule has 2 heterocycles. The number of fused-ring (bicyclic) bond motifs is 1. The Morgan fingerprint density at radius 3 is 2.64 bits per heavy atom. The molecule has 1 fully saturated rings. The van der Waals surface area contributed by atoms with E-state index in [1.165, 1.54) is 5.39 Å². The molecule has 0 bridgehead atoms.